The van der Waals surface area contributed by atoms with Crippen LogP contribution in [0.3, 0.4) is 0 Å². The van der Waals surface area contributed by atoms with Crippen LogP contribution in [0.4, 0.5) is 0 Å². The van der Waals surface area contributed by atoms with Gasteiger partial charge in [0.05, 0.1) is 20.8 Å². The summed E-state index contributed by atoms with van der Waals surface area (Å²) < 4.78 is 26.9. The van der Waals surface area contributed by atoms with E-state index >= 15 is 0 Å². The molecule has 1 aromatic heterocycles. The summed E-state index contributed by atoms with van der Waals surface area (Å²) >= 11 is 0.788. The zero-order valence-corrected chi connectivity index (χ0v) is 21.6. The maximum absolute atomic E-state index is 12.2. The Balaban J connectivity index is 1.69. The van der Waals surface area contributed by atoms with Crippen molar-refractivity contribution >= 4 is 40.5 Å². The van der Waals surface area contributed by atoms with E-state index in [1.807, 2.05) is 30.3 Å². The van der Waals surface area contributed by atoms with Gasteiger partial charge < -0.3 is 28.5 Å². The highest BCUT2D eigenvalue weighted by Gasteiger charge is 2.19. The summed E-state index contributed by atoms with van der Waals surface area (Å²) in [6.07, 6.45) is 1.45. The molecular weight excluding hydrogens is 512 g/mol. The first-order valence-electron chi connectivity index (χ1n) is 11.4. The predicted molar refractivity (Wildman–Crippen MR) is 140 cm³/mol. The molecule has 1 N–H and O–H groups in total. The number of rotatable bonds is 11. The van der Waals surface area contributed by atoms with Gasteiger partial charge in [0.1, 0.15) is 22.2 Å². The molecule has 0 aliphatic rings. The van der Waals surface area contributed by atoms with Gasteiger partial charge in [0.25, 0.3) is 5.22 Å². The molecule has 196 valence electrons. The molecule has 0 aliphatic carbocycles. The number of esters is 1. The van der Waals surface area contributed by atoms with Gasteiger partial charge in [0, 0.05) is 17.2 Å². The van der Waals surface area contributed by atoms with E-state index in [0.29, 0.717) is 28.4 Å². The van der Waals surface area contributed by atoms with Crippen molar-refractivity contribution in [2.75, 3.05) is 27.4 Å². The maximum atomic E-state index is 12.2. The van der Waals surface area contributed by atoms with E-state index in [9.17, 15) is 14.7 Å². The van der Waals surface area contributed by atoms with Gasteiger partial charge in [0.15, 0.2) is 6.61 Å². The number of benzene rings is 3. The molecule has 0 bridgehead atoms. The van der Waals surface area contributed by atoms with Crippen LogP contribution in [-0.2, 0) is 14.3 Å². The standard InChI is InChI=1S/C27H24N2O8S/c1-4-35-24(30)15-36-22-10-9-16-7-5-6-8-20(16)21(22)14-23(26(31)32)38-27-29-28-25(37-27)17-11-18(33-2)13-19(12-17)34-3/h5-14H,4,15H2,1-3H3,(H,31,32)/b23-14-. The van der Waals surface area contributed by atoms with E-state index in [2.05, 4.69) is 10.2 Å². The minimum absolute atomic E-state index is 0.0182. The van der Waals surface area contributed by atoms with Crippen molar-refractivity contribution in [3.63, 3.8) is 0 Å². The zero-order valence-electron chi connectivity index (χ0n) is 20.8. The van der Waals surface area contributed by atoms with Gasteiger partial charge in [-0.1, -0.05) is 30.3 Å². The number of nitrogens with zero attached hydrogens (tertiary/aromatic N) is 2. The smallest absolute Gasteiger partial charge is 0.344 e. The van der Waals surface area contributed by atoms with Crippen molar-refractivity contribution in [1.29, 1.82) is 0 Å². The lowest BCUT2D eigenvalue weighted by Gasteiger charge is -2.12. The van der Waals surface area contributed by atoms with Crippen LogP contribution in [0.5, 0.6) is 17.2 Å². The molecule has 3 aromatic carbocycles. The van der Waals surface area contributed by atoms with Crippen LogP contribution in [-0.4, -0.2) is 54.7 Å². The van der Waals surface area contributed by atoms with Crippen LogP contribution in [0.25, 0.3) is 28.3 Å². The zero-order chi connectivity index (χ0) is 27.1. The number of ether oxygens (including phenoxy) is 4. The number of carbonyl (C=O) groups is 2. The Hall–Kier alpha value is -4.51. The first-order valence-corrected chi connectivity index (χ1v) is 12.2. The van der Waals surface area contributed by atoms with Gasteiger partial charge in [-0.3, -0.25) is 0 Å². The molecule has 0 radical (unpaired) electrons. The SMILES string of the molecule is CCOC(=O)COc1ccc2ccccc2c1/C=C(\Sc1nnc(-c2cc(OC)cc(OC)c2)o1)C(=O)O. The molecule has 0 unspecified atom stereocenters. The molecule has 0 amide bonds. The van der Waals surface area contributed by atoms with Crippen LogP contribution in [0.1, 0.15) is 12.5 Å². The summed E-state index contributed by atoms with van der Waals surface area (Å²) in [5.74, 6) is -0.185. The Bertz CT molecular complexity index is 1480. The summed E-state index contributed by atoms with van der Waals surface area (Å²) in [5.41, 5.74) is 1.03. The van der Waals surface area contributed by atoms with Gasteiger partial charge >= 0.3 is 11.9 Å². The number of thioether (sulfide) groups is 1. The molecule has 10 nitrogen and oxygen atoms in total. The molecule has 38 heavy (non-hydrogen) atoms. The van der Waals surface area contributed by atoms with Gasteiger partial charge in [0.2, 0.25) is 5.89 Å². The average molecular weight is 537 g/mol. The lowest BCUT2D eigenvalue weighted by atomic mass is 10.0. The Morgan fingerprint density at radius 3 is 2.45 bits per heavy atom. The lowest BCUT2D eigenvalue weighted by Crippen LogP contribution is -2.15. The molecule has 0 atom stereocenters. The number of carboxylic acid groups (broad SMARTS) is 1. The van der Waals surface area contributed by atoms with Crippen molar-refractivity contribution in [2.45, 2.75) is 12.1 Å². The number of carboxylic acids is 1. The lowest BCUT2D eigenvalue weighted by molar-refractivity contribution is -0.145. The number of methoxy groups -OCH3 is 2. The highest BCUT2D eigenvalue weighted by molar-refractivity contribution is 8.03. The fraction of sp³-hybridized carbons (Fsp3) is 0.185. The Morgan fingerprint density at radius 2 is 1.76 bits per heavy atom. The van der Waals surface area contributed by atoms with E-state index in [1.165, 1.54) is 20.3 Å². The molecule has 0 saturated carbocycles. The van der Waals surface area contributed by atoms with Crippen LogP contribution < -0.4 is 14.2 Å². The first-order chi connectivity index (χ1) is 18.4. The number of hydrogen-bond donors (Lipinski definition) is 1. The van der Waals surface area contributed by atoms with Gasteiger partial charge in [-0.05, 0) is 53.7 Å². The van der Waals surface area contributed by atoms with Crippen LogP contribution >= 0.6 is 11.8 Å². The van der Waals surface area contributed by atoms with E-state index in [-0.39, 0.29) is 29.2 Å². The molecule has 0 saturated heterocycles. The summed E-state index contributed by atoms with van der Waals surface area (Å²) in [4.78, 5) is 24.0. The quantitative estimate of drug-likeness (QED) is 0.157. The molecule has 1 heterocycles. The monoisotopic (exact) mass is 536 g/mol. The van der Waals surface area contributed by atoms with Crippen molar-refractivity contribution < 1.29 is 38.1 Å². The van der Waals surface area contributed by atoms with Crippen molar-refractivity contribution in [3.8, 4) is 28.7 Å². The Morgan fingerprint density at radius 1 is 1.03 bits per heavy atom. The fourth-order valence-electron chi connectivity index (χ4n) is 3.55. The molecular formula is C27H24N2O8S. The minimum atomic E-state index is -1.21. The number of aromatic nitrogens is 2. The summed E-state index contributed by atoms with van der Waals surface area (Å²) in [6.45, 7) is 1.60. The first kappa shape index (κ1) is 26.6. The number of fused-ring (bicyclic) bond motifs is 1. The van der Waals surface area contributed by atoms with Gasteiger partial charge in [-0.2, -0.15) is 0 Å². The van der Waals surface area contributed by atoms with E-state index in [4.69, 9.17) is 23.4 Å². The van der Waals surface area contributed by atoms with Gasteiger partial charge in [-0.15, -0.1) is 10.2 Å². The van der Waals surface area contributed by atoms with E-state index in [0.717, 1.165) is 22.5 Å². The normalized spacial score (nSPS) is 11.3. The van der Waals surface area contributed by atoms with E-state index in [1.54, 1.807) is 31.2 Å². The predicted octanol–water partition coefficient (Wildman–Crippen LogP) is 5.07. The third-order valence-corrected chi connectivity index (χ3v) is 6.12. The van der Waals surface area contributed by atoms with Crippen molar-refractivity contribution in [3.05, 3.63) is 65.1 Å². The molecule has 4 rings (SSSR count). The molecule has 11 heteroatoms. The Labute approximate surface area is 222 Å². The third kappa shape index (κ3) is 6.24. The Kier molecular flexibility index (Phi) is 8.49. The maximum Gasteiger partial charge on any atom is 0.344 e. The average Bonchev–Trinajstić information content (AvgIpc) is 3.40. The third-order valence-electron chi connectivity index (χ3n) is 5.27. The second-order valence-electron chi connectivity index (χ2n) is 7.68. The second kappa shape index (κ2) is 12.2. The minimum Gasteiger partial charge on any atom is -0.497 e. The number of aliphatic carboxylic acids is 1. The molecule has 4 aromatic rings. The second-order valence-corrected chi connectivity index (χ2v) is 8.68. The topological polar surface area (TPSA) is 130 Å². The van der Waals surface area contributed by atoms with Gasteiger partial charge in [-0.25, -0.2) is 9.59 Å². The van der Waals surface area contributed by atoms with Crippen LogP contribution in [0.2, 0.25) is 0 Å². The summed E-state index contributed by atoms with van der Waals surface area (Å²) in [7, 11) is 3.05. The number of carbonyl (C=O) groups excluding carboxylic acids is 1. The fourth-order valence-corrected chi connectivity index (χ4v) is 4.20. The largest absolute Gasteiger partial charge is 0.497 e. The van der Waals surface area contributed by atoms with E-state index < -0.39 is 11.9 Å². The van der Waals surface area contributed by atoms with Crippen molar-refractivity contribution in [1.82, 2.24) is 10.2 Å². The number of hydrogen-bond acceptors (Lipinski definition) is 10. The van der Waals surface area contributed by atoms with Crippen LogP contribution in [0, 0.1) is 0 Å². The molecule has 0 aliphatic heterocycles. The van der Waals surface area contributed by atoms with Crippen molar-refractivity contribution in [2.24, 2.45) is 0 Å². The molecule has 0 spiro atoms. The van der Waals surface area contributed by atoms with Crippen LogP contribution in [0.15, 0.2) is 69.1 Å². The molecule has 0 fully saturated rings. The summed E-state index contributed by atoms with van der Waals surface area (Å²) in [6, 6.07) is 16.0. The summed E-state index contributed by atoms with van der Waals surface area (Å²) in [5, 5.41) is 19.6. The highest BCUT2D eigenvalue weighted by atomic mass is 32.2. The highest BCUT2D eigenvalue weighted by Crippen LogP contribution is 2.36.